The summed E-state index contributed by atoms with van der Waals surface area (Å²) in [4.78, 5) is 45.2. The number of fused-ring (bicyclic) bond motifs is 3. The molecule has 1 aliphatic carbocycles. The van der Waals surface area contributed by atoms with Gasteiger partial charge in [-0.25, -0.2) is 4.98 Å². The normalized spacial score (nSPS) is 17.1. The highest BCUT2D eigenvalue weighted by molar-refractivity contribution is 7.99. The molecule has 26 heavy (non-hydrogen) atoms. The maximum atomic E-state index is 13.0. The second-order valence-corrected chi connectivity index (χ2v) is 8.69. The molecule has 0 radical (unpaired) electrons. The fraction of sp³-hybridized carbons (Fsp3) is 0.556. The summed E-state index contributed by atoms with van der Waals surface area (Å²) in [6.07, 6.45) is 5.46. The van der Waals surface area contributed by atoms with Crippen LogP contribution in [-0.2, 0) is 29.0 Å². The van der Waals surface area contributed by atoms with Gasteiger partial charge in [-0.15, -0.1) is 11.3 Å². The van der Waals surface area contributed by atoms with Crippen LogP contribution in [0.15, 0.2) is 9.95 Å². The van der Waals surface area contributed by atoms with Gasteiger partial charge in [0, 0.05) is 24.4 Å². The van der Waals surface area contributed by atoms with E-state index >= 15 is 0 Å². The van der Waals surface area contributed by atoms with E-state index in [1.807, 2.05) is 6.92 Å². The number of thioether (sulfide) groups is 1. The largest absolute Gasteiger partial charge is 0.287 e. The first kappa shape index (κ1) is 17.7. The van der Waals surface area contributed by atoms with Crippen molar-refractivity contribution in [2.24, 2.45) is 0 Å². The van der Waals surface area contributed by atoms with Gasteiger partial charge in [-0.05, 0) is 44.6 Å². The Balaban J connectivity index is 1.65. The molecule has 1 saturated heterocycles. The van der Waals surface area contributed by atoms with Crippen molar-refractivity contribution in [1.29, 1.82) is 0 Å². The molecule has 1 aliphatic heterocycles. The summed E-state index contributed by atoms with van der Waals surface area (Å²) in [6.45, 7) is 2.94. The van der Waals surface area contributed by atoms with E-state index in [4.69, 9.17) is 4.98 Å². The number of rotatable bonds is 4. The highest BCUT2D eigenvalue weighted by Gasteiger charge is 2.27. The van der Waals surface area contributed by atoms with Crippen molar-refractivity contribution >= 4 is 45.1 Å². The predicted octanol–water partition coefficient (Wildman–Crippen LogP) is 2.60. The number of aryl methyl sites for hydroxylation is 2. The Morgan fingerprint density at radius 2 is 2.00 bits per heavy atom. The molecule has 0 N–H and O–H groups in total. The molecule has 6 nitrogen and oxygen atoms in total. The van der Waals surface area contributed by atoms with Crippen molar-refractivity contribution in [3.8, 4) is 0 Å². The van der Waals surface area contributed by atoms with Crippen molar-refractivity contribution < 1.29 is 9.59 Å². The minimum absolute atomic E-state index is 0.00379. The number of likely N-dealkylation sites (tertiary alicyclic amines) is 1. The van der Waals surface area contributed by atoms with Gasteiger partial charge in [-0.2, -0.15) is 0 Å². The van der Waals surface area contributed by atoms with Gasteiger partial charge in [0.05, 0.1) is 11.1 Å². The number of carbonyl (C=O) groups is 2. The maximum absolute atomic E-state index is 13.0. The lowest BCUT2D eigenvalue weighted by Gasteiger charge is -2.14. The van der Waals surface area contributed by atoms with E-state index in [9.17, 15) is 14.4 Å². The van der Waals surface area contributed by atoms with Crippen molar-refractivity contribution in [3.63, 3.8) is 0 Å². The molecule has 0 aromatic carbocycles. The predicted molar refractivity (Wildman–Crippen MR) is 103 cm³/mol. The molecule has 0 bridgehead atoms. The highest BCUT2D eigenvalue weighted by atomic mass is 32.2. The molecule has 138 valence electrons. The van der Waals surface area contributed by atoms with Crippen LogP contribution in [0.2, 0.25) is 0 Å². The molecule has 0 saturated carbocycles. The monoisotopic (exact) mass is 391 g/mol. The molecule has 2 amide bonds. The Hall–Kier alpha value is -1.67. The van der Waals surface area contributed by atoms with Gasteiger partial charge in [0.2, 0.25) is 11.8 Å². The Morgan fingerprint density at radius 1 is 1.19 bits per heavy atom. The maximum Gasteiger partial charge on any atom is 0.263 e. The highest BCUT2D eigenvalue weighted by Crippen LogP contribution is 2.34. The Kier molecular flexibility index (Phi) is 4.88. The average molecular weight is 392 g/mol. The van der Waals surface area contributed by atoms with Crippen LogP contribution in [0.25, 0.3) is 10.2 Å². The van der Waals surface area contributed by atoms with Crippen molar-refractivity contribution in [3.05, 3.63) is 20.8 Å². The zero-order valence-electron chi connectivity index (χ0n) is 14.7. The second kappa shape index (κ2) is 7.15. The number of thiophene rings is 1. The summed E-state index contributed by atoms with van der Waals surface area (Å²) in [5, 5.41) is 1.35. The van der Waals surface area contributed by atoms with Crippen LogP contribution in [0, 0.1) is 0 Å². The van der Waals surface area contributed by atoms with Crippen LogP contribution >= 0.6 is 23.1 Å². The number of hydrogen-bond donors (Lipinski definition) is 0. The zero-order chi connectivity index (χ0) is 18.3. The van der Waals surface area contributed by atoms with Gasteiger partial charge in [-0.3, -0.25) is 23.9 Å². The van der Waals surface area contributed by atoms with Crippen LogP contribution in [0.3, 0.4) is 0 Å². The van der Waals surface area contributed by atoms with Gasteiger partial charge in [-0.1, -0.05) is 11.8 Å². The van der Waals surface area contributed by atoms with Gasteiger partial charge < -0.3 is 0 Å². The lowest BCUT2D eigenvalue weighted by molar-refractivity contribution is -0.140. The molecule has 0 spiro atoms. The fourth-order valence-corrected chi connectivity index (χ4v) is 5.97. The molecular formula is C18H21N3O3S2. The molecule has 0 unspecified atom stereocenters. The minimum atomic E-state index is -0.194. The summed E-state index contributed by atoms with van der Waals surface area (Å²) in [6, 6.07) is 0. The fourth-order valence-electron chi connectivity index (χ4n) is 3.72. The number of carbonyl (C=O) groups excluding carboxylic acids is 2. The van der Waals surface area contributed by atoms with Gasteiger partial charge in [0.15, 0.2) is 5.16 Å². The quantitative estimate of drug-likeness (QED) is 0.592. The van der Waals surface area contributed by atoms with Crippen LogP contribution in [0.5, 0.6) is 0 Å². The third-order valence-electron chi connectivity index (χ3n) is 5.06. The van der Waals surface area contributed by atoms with E-state index in [0.717, 1.165) is 35.9 Å². The van der Waals surface area contributed by atoms with E-state index in [1.165, 1.54) is 33.5 Å². The smallest absolute Gasteiger partial charge is 0.263 e. The van der Waals surface area contributed by atoms with Crippen molar-refractivity contribution in [2.45, 2.75) is 57.1 Å². The number of imide groups is 1. The lowest BCUT2D eigenvalue weighted by Crippen LogP contribution is -2.33. The van der Waals surface area contributed by atoms with Gasteiger partial charge in [0.1, 0.15) is 4.83 Å². The number of hydrogen-bond acceptors (Lipinski definition) is 6. The number of amides is 2. The Labute approximate surface area is 159 Å². The number of aromatic nitrogens is 2. The first-order valence-electron chi connectivity index (χ1n) is 9.11. The standard InChI is InChI=1S/C18H21N3O3S2/c1-2-20-17(24)15-11-6-3-4-7-12(11)26-16(15)19-18(20)25-10-14(23)21-9-5-8-13(21)22/h2-10H2,1H3. The van der Waals surface area contributed by atoms with Crippen LogP contribution < -0.4 is 5.56 Å². The first-order chi connectivity index (χ1) is 12.6. The van der Waals surface area contributed by atoms with E-state index < -0.39 is 0 Å². The molecule has 4 rings (SSSR count). The van der Waals surface area contributed by atoms with Crippen molar-refractivity contribution in [2.75, 3.05) is 12.3 Å². The van der Waals surface area contributed by atoms with Crippen LogP contribution in [-0.4, -0.2) is 38.6 Å². The summed E-state index contributed by atoms with van der Waals surface area (Å²) >= 11 is 2.88. The van der Waals surface area contributed by atoms with E-state index in [2.05, 4.69) is 0 Å². The van der Waals surface area contributed by atoms with E-state index in [0.29, 0.717) is 24.7 Å². The molecule has 1 fully saturated rings. The number of nitrogens with zero attached hydrogens (tertiary/aromatic N) is 3. The topological polar surface area (TPSA) is 72.3 Å². The summed E-state index contributed by atoms with van der Waals surface area (Å²) < 4.78 is 1.66. The molecule has 3 heterocycles. The minimum Gasteiger partial charge on any atom is -0.287 e. The third-order valence-corrected chi connectivity index (χ3v) is 7.20. The summed E-state index contributed by atoms with van der Waals surface area (Å²) in [5.41, 5.74) is 1.19. The SMILES string of the molecule is CCn1c(SCC(=O)N2CCCC2=O)nc2sc3c(c2c1=O)CCCC3. The van der Waals surface area contributed by atoms with Gasteiger partial charge in [0.25, 0.3) is 5.56 Å². The summed E-state index contributed by atoms with van der Waals surface area (Å²) in [5.74, 6) is -0.160. The molecule has 8 heteroatoms. The Bertz CT molecular complexity index is 947. The Morgan fingerprint density at radius 3 is 2.73 bits per heavy atom. The molecule has 2 aromatic heterocycles. The van der Waals surface area contributed by atoms with Crippen molar-refractivity contribution in [1.82, 2.24) is 14.5 Å². The van der Waals surface area contributed by atoms with E-state index in [-0.39, 0.29) is 23.1 Å². The molecule has 2 aliphatic rings. The molecule has 0 atom stereocenters. The molecule has 2 aromatic rings. The van der Waals surface area contributed by atoms with Crippen LogP contribution in [0.4, 0.5) is 0 Å². The lowest BCUT2D eigenvalue weighted by atomic mass is 9.97. The molecular weight excluding hydrogens is 370 g/mol. The van der Waals surface area contributed by atoms with E-state index in [1.54, 1.807) is 15.9 Å². The first-order valence-corrected chi connectivity index (χ1v) is 10.9. The zero-order valence-corrected chi connectivity index (χ0v) is 16.4. The average Bonchev–Trinajstić information content (AvgIpc) is 3.22. The summed E-state index contributed by atoms with van der Waals surface area (Å²) in [7, 11) is 0. The second-order valence-electron chi connectivity index (χ2n) is 6.67. The third kappa shape index (κ3) is 2.99. The van der Waals surface area contributed by atoms with Crippen LogP contribution in [0.1, 0.15) is 43.0 Å². The van der Waals surface area contributed by atoms with Gasteiger partial charge >= 0.3 is 0 Å².